The molecule has 0 spiro atoms. The summed E-state index contributed by atoms with van der Waals surface area (Å²) in [6.45, 7) is 4.41. The van der Waals surface area contributed by atoms with E-state index in [1.165, 1.54) is 0 Å². The Kier molecular flexibility index (Phi) is 10.6. The summed E-state index contributed by atoms with van der Waals surface area (Å²) in [5.74, 6) is 10.3. The van der Waals surface area contributed by atoms with Gasteiger partial charge in [0.2, 0.25) is 0 Å². The lowest BCUT2D eigenvalue weighted by molar-refractivity contribution is -0.873. The minimum atomic E-state index is -0.492. The molecule has 0 aliphatic carbocycles. The number of nitrogens with zero attached hydrogens (tertiary/aromatic N) is 1. The minimum Gasteiger partial charge on any atom is -0.461 e. The number of likely N-dealkylation sites (N-methyl/N-ethyl adjacent to an activating group) is 1. The first-order valence-corrected chi connectivity index (χ1v) is 7.85. The molecule has 0 rings (SSSR count). The van der Waals surface area contributed by atoms with Crippen molar-refractivity contribution in [3.63, 3.8) is 0 Å². The molecule has 0 N–H and O–H groups in total. The Balaban J connectivity index is 4.51. The maximum absolute atomic E-state index is 11.8. The molecular weight excluding hydrogens is 294 g/mol. The van der Waals surface area contributed by atoms with Gasteiger partial charge in [0, 0.05) is 12.8 Å². The average Bonchev–Trinajstić information content (AvgIpc) is 2.44. The molecule has 0 heterocycles. The lowest BCUT2D eigenvalue weighted by Crippen LogP contribution is -2.45. The van der Waals surface area contributed by atoms with Crippen LogP contribution in [-0.4, -0.2) is 56.8 Å². The van der Waals surface area contributed by atoms with Gasteiger partial charge in [0.1, 0.15) is 26.0 Å². The van der Waals surface area contributed by atoms with Gasteiger partial charge in [-0.3, -0.25) is 9.59 Å². The van der Waals surface area contributed by atoms with Crippen LogP contribution in [0.1, 0.15) is 39.5 Å². The van der Waals surface area contributed by atoms with E-state index in [9.17, 15) is 9.59 Å². The molecule has 0 saturated carbocycles. The van der Waals surface area contributed by atoms with Crippen molar-refractivity contribution in [2.24, 2.45) is 0 Å². The van der Waals surface area contributed by atoms with E-state index in [2.05, 4.69) is 23.7 Å². The van der Waals surface area contributed by atoms with E-state index < -0.39 is 18.0 Å². The van der Waals surface area contributed by atoms with E-state index in [1.54, 1.807) is 0 Å². The van der Waals surface area contributed by atoms with Crippen LogP contribution < -0.4 is 0 Å². The monoisotopic (exact) mass is 322 g/mol. The molecular formula is C18H28NO4+. The molecule has 5 nitrogen and oxygen atoms in total. The second kappa shape index (κ2) is 11.6. The maximum atomic E-state index is 11.8. The number of hydrogen-bond donors (Lipinski definition) is 0. The summed E-state index contributed by atoms with van der Waals surface area (Å²) in [6, 6.07) is 0. The Hall–Kier alpha value is -1.98. The molecule has 0 aromatic rings. The van der Waals surface area contributed by atoms with Crippen LogP contribution in [0.25, 0.3) is 0 Å². The van der Waals surface area contributed by atoms with Gasteiger partial charge in [-0.05, 0) is 0 Å². The molecule has 23 heavy (non-hydrogen) atoms. The van der Waals surface area contributed by atoms with E-state index >= 15 is 0 Å². The van der Waals surface area contributed by atoms with Gasteiger partial charge in [-0.25, -0.2) is 0 Å². The van der Waals surface area contributed by atoms with E-state index in [0.29, 0.717) is 23.9 Å². The quantitative estimate of drug-likeness (QED) is 0.407. The molecule has 0 aliphatic heterocycles. The van der Waals surface area contributed by atoms with E-state index in [4.69, 9.17) is 9.47 Å². The number of rotatable bonds is 7. The van der Waals surface area contributed by atoms with Gasteiger partial charge >= 0.3 is 11.9 Å². The molecule has 0 aromatic carbocycles. The van der Waals surface area contributed by atoms with Crippen molar-refractivity contribution < 1.29 is 23.5 Å². The third-order valence-electron chi connectivity index (χ3n) is 2.55. The Morgan fingerprint density at radius 3 is 1.91 bits per heavy atom. The van der Waals surface area contributed by atoms with Crippen LogP contribution in [0.4, 0.5) is 0 Å². The predicted octanol–water partition coefficient (Wildman–Crippen LogP) is 1.75. The van der Waals surface area contributed by atoms with Crippen molar-refractivity contribution in [1.29, 1.82) is 0 Å². The third kappa shape index (κ3) is 13.4. The molecule has 1 unspecified atom stereocenters. The lowest BCUT2D eigenvalue weighted by atomic mass is 10.3. The van der Waals surface area contributed by atoms with Crippen molar-refractivity contribution in [3.05, 3.63) is 0 Å². The van der Waals surface area contributed by atoms with Crippen molar-refractivity contribution in [2.75, 3.05) is 34.3 Å². The fourth-order valence-electron chi connectivity index (χ4n) is 1.72. The first-order valence-electron chi connectivity index (χ1n) is 7.85. The average molecular weight is 322 g/mol. The Morgan fingerprint density at radius 1 is 0.913 bits per heavy atom. The zero-order valence-electron chi connectivity index (χ0n) is 14.9. The van der Waals surface area contributed by atoms with Gasteiger partial charge in [-0.15, -0.1) is 11.8 Å². The number of hydrogen-bond acceptors (Lipinski definition) is 4. The Bertz CT molecular complexity index is 497. The van der Waals surface area contributed by atoms with E-state index in [0.717, 1.165) is 0 Å². The van der Waals surface area contributed by atoms with Crippen molar-refractivity contribution in [3.8, 4) is 23.7 Å². The summed E-state index contributed by atoms with van der Waals surface area (Å²) < 4.78 is 11.1. The van der Waals surface area contributed by atoms with Gasteiger partial charge in [0.15, 0.2) is 6.10 Å². The van der Waals surface area contributed by atoms with Crippen LogP contribution in [-0.2, 0) is 19.1 Å². The number of ether oxygens (including phenoxy) is 2. The van der Waals surface area contributed by atoms with E-state index in [-0.39, 0.29) is 19.4 Å². The summed E-state index contributed by atoms with van der Waals surface area (Å²) in [6.07, 6.45) is 1.02. The number of quaternary nitrogens is 1. The van der Waals surface area contributed by atoms with E-state index in [1.807, 2.05) is 35.0 Å². The van der Waals surface area contributed by atoms with Crippen molar-refractivity contribution in [1.82, 2.24) is 0 Å². The summed E-state index contributed by atoms with van der Waals surface area (Å²) >= 11 is 0. The summed E-state index contributed by atoms with van der Waals surface area (Å²) in [5.41, 5.74) is 0. The van der Waals surface area contributed by atoms with Crippen molar-refractivity contribution in [2.45, 2.75) is 45.6 Å². The predicted molar refractivity (Wildman–Crippen MR) is 89.1 cm³/mol. The van der Waals surface area contributed by atoms with Gasteiger partial charge in [-0.2, -0.15) is 0 Å². The molecule has 0 bridgehead atoms. The fourth-order valence-corrected chi connectivity index (χ4v) is 1.72. The minimum absolute atomic E-state index is 0.0368. The molecule has 0 aromatic heterocycles. The van der Waals surface area contributed by atoms with Gasteiger partial charge in [-0.1, -0.05) is 25.7 Å². The highest BCUT2D eigenvalue weighted by Gasteiger charge is 2.23. The van der Waals surface area contributed by atoms with Crippen LogP contribution in [0.3, 0.4) is 0 Å². The first kappa shape index (κ1) is 21.0. The Morgan fingerprint density at radius 2 is 1.43 bits per heavy atom. The smallest absolute Gasteiger partial charge is 0.318 e. The third-order valence-corrected chi connectivity index (χ3v) is 2.55. The maximum Gasteiger partial charge on any atom is 0.318 e. The van der Waals surface area contributed by atoms with Gasteiger partial charge in [0.25, 0.3) is 0 Å². The highest BCUT2D eigenvalue weighted by Crippen LogP contribution is 2.04. The topological polar surface area (TPSA) is 52.6 Å². The molecule has 1 atom stereocenters. The Labute approximate surface area is 139 Å². The lowest BCUT2D eigenvalue weighted by Gasteiger charge is -2.28. The molecule has 5 heteroatoms. The zero-order valence-corrected chi connectivity index (χ0v) is 14.9. The normalized spacial score (nSPS) is 11.3. The molecule has 0 amide bonds. The molecule has 0 saturated heterocycles. The second-order valence-corrected chi connectivity index (χ2v) is 6.04. The van der Waals surface area contributed by atoms with Crippen LogP contribution in [0.5, 0.6) is 0 Å². The largest absolute Gasteiger partial charge is 0.461 e. The van der Waals surface area contributed by atoms with Crippen LogP contribution in [0, 0.1) is 23.7 Å². The number of carbonyl (C=O) groups excluding carboxylic acids is 2. The van der Waals surface area contributed by atoms with Crippen molar-refractivity contribution >= 4 is 11.9 Å². The summed E-state index contributed by atoms with van der Waals surface area (Å²) in [7, 11) is 5.94. The number of carbonyl (C=O) groups is 2. The van der Waals surface area contributed by atoms with Gasteiger partial charge in [0.05, 0.1) is 21.1 Å². The summed E-state index contributed by atoms with van der Waals surface area (Å²) in [5, 5.41) is 0. The zero-order chi connectivity index (χ0) is 17.7. The molecule has 0 aliphatic rings. The molecule has 0 radical (unpaired) electrons. The van der Waals surface area contributed by atoms with Crippen LogP contribution in [0.2, 0.25) is 0 Å². The highest BCUT2D eigenvalue weighted by molar-refractivity contribution is 5.73. The molecule has 128 valence electrons. The molecule has 0 fully saturated rings. The van der Waals surface area contributed by atoms with Gasteiger partial charge < -0.3 is 14.0 Å². The van der Waals surface area contributed by atoms with Crippen LogP contribution >= 0.6 is 0 Å². The SMILES string of the molecule is CCC#CCC(=O)OCC(C[N+](C)(C)C)OC(=O)CC#CCC. The standard InChI is InChI=1S/C18H28NO4/c1-6-8-10-12-17(20)22-15-16(14-19(3,4)5)23-18(21)13-11-9-7-2/h16H,6-7,12-15H2,1-5H3/q+1. The first-order chi connectivity index (χ1) is 10.8. The second-order valence-electron chi connectivity index (χ2n) is 6.04. The van der Waals surface area contributed by atoms with Crippen LogP contribution in [0.15, 0.2) is 0 Å². The highest BCUT2D eigenvalue weighted by atomic mass is 16.6. The fraction of sp³-hybridized carbons (Fsp3) is 0.667. The number of esters is 2. The summed E-state index contributed by atoms with van der Waals surface area (Å²) in [4.78, 5) is 23.4.